The van der Waals surface area contributed by atoms with Crippen molar-refractivity contribution in [3.63, 3.8) is 0 Å². The van der Waals surface area contributed by atoms with Crippen LogP contribution >= 0.6 is 15.9 Å². The Hall–Kier alpha value is -1.04. The molecule has 2 rings (SSSR count). The maximum absolute atomic E-state index is 4.19. The van der Waals surface area contributed by atoms with Crippen molar-refractivity contribution in [2.24, 2.45) is 5.92 Å². The molecule has 0 N–H and O–H groups in total. The average molecular weight is 284 g/mol. The van der Waals surface area contributed by atoms with Gasteiger partial charge in [0.05, 0.1) is 11.9 Å². The molecule has 0 aliphatic rings. The van der Waals surface area contributed by atoms with Crippen molar-refractivity contribution in [1.29, 1.82) is 0 Å². The molecule has 86 valence electrons. The van der Waals surface area contributed by atoms with Gasteiger partial charge in [-0.05, 0) is 16.3 Å². The lowest BCUT2D eigenvalue weighted by Crippen LogP contribution is -2.19. The fourth-order valence-corrected chi connectivity index (χ4v) is 2.91. The lowest BCUT2D eigenvalue weighted by atomic mass is 9.90. The van der Waals surface area contributed by atoms with E-state index in [4.69, 9.17) is 0 Å². The van der Waals surface area contributed by atoms with E-state index in [1.165, 1.54) is 0 Å². The van der Waals surface area contributed by atoms with Crippen LogP contribution in [0.2, 0.25) is 0 Å². The summed E-state index contributed by atoms with van der Waals surface area (Å²) in [5, 5.41) is 11.6. The number of hydrogen-bond donors (Lipinski definition) is 0. The highest BCUT2D eigenvalue weighted by atomic mass is 79.9. The smallest absolute Gasteiger partial charge is 0.197 e. The third-order valence-electron chi connectivity index (χ3n) is 2.69. The van der Waals surface area contributed by atoms with Gasteiger partial charge in [-0.15, -0.1) is 5.10 Å². The Morgan fingerprint density at radius 2 is 2.00 bits per heavy atom. The highest BCUT2D eigenvalue weighted by molar-refractivity contribution is 9.09. The van der Waals surface area contributed by atoms with E-state index in [2.05, 4.69) is 57.2 Å². The highest BCUT2D eigenvalue weighted by Gasteiger charge is 2.24. The van der Waals surface area contributed by atoms with Crippen LogP contribution in [0.4, 0.5) is 0 Å². The Morgan fingerprint density at radius 3 is 2.62 bits per heavy atom. The molecule has 0 aliphatic heterocycles. The minimum atomic E-state index is 0.333. The molecule has 0 bridgehead atoms. The molecule has 2 heterocycles. The zero-order valence-corrected chi connectivity index (χ0v) is 11.1. The molecule has 0 radical (unpaired) electrons. The Kier molecular flexibility index (Phi) is 3.18. The van der Waals surface area contributed by atoms with Crippen LogP contribution in [0.15, 0.2) is 12.4 Å². The second-order valence-corrected chi connectivity index (χ2v) is 5.67. The summed E-state index contributed by atoms with van der Waals surface area (Å²) in [6.45, 7) is 6.51. The summed E-state index contributed by atoms with van der Waals surface area (Å²) in [6.07, 6.45) is 3.51. The molecule has 2 aromatic heterocycles. The summed E-state index contributed by atoms with van der Waals surface area (Å²) < 4.78 is 1.76. The van der Waals surface area contributed by atoms with Gasteiger partial charge in [0.1, 0.15) is 0 Å². The molecule has 0 fully saturated rings. The molecular weight excluding hydrogens is 270 g/mol. The summed E-state index contributed by atoms with van der Waals surface area (Å²) in [5.41, 5.74) is 1.73. The SMILES string of the molecule is CC(C)C(c1cncc2nnnn12)C(C)Br. The summed E-state index contributed by atoms with van der Waals surface area (Å²) in [6, 6.07) is 0. The summed E-state index contributed by atoms with van der Waals surface area (Å²) >= 11 is 3.64. The molecule has 0 amide bonds. The zero-order valence-electron chi connectivity index (χ0n) is 9.50. The van der Waals surface area contributed by atoms with Crippen LogP contribution in [-0.2, 0) is 0 Å². The van der Waals surface area contributed by atoms with Crippen LogP contribution in [0.5, 0.6) is 0 Å². The maximum Gasteiger partial charge on any atom is 0.197 e. The number of halogens is 1. The van der Waals surface area contributed by atoms with Crippen LogP contribution in [0.25, 0.3) is 5.65 Å². The second kappa shape index (κ2) is 4.45. The minimum Gasteiger partial charge on any atom is -0.259 e. The fourth-order valence-electron chi connectivity index (χ4n) is 2.03. The molecule has 6 heteroatoms. The van der Waals surface area contributed by atoms with E-state index in [1.807, 2.05) is 6.20 Å². The molecule has 0 saturated heterocycles. The van der Waals surface area contributed by atoms with Crippen LogP contribution in [-0.4, -0.2) is 29.9 Å². The summed E-state index contributed by atoms with van der Waals surface area (Å²) in [5.74, 6) is 0.825. The molecule has 5 nitrogen and oxygen atoms in total. The number of nitrogens with zero attached hydrogens (tertiary/aromatic N) is 5. The van der Waals surface area contributed by atoms with E-state index in [-0.39, 0.29) is 0 Å². The Labute approximate surface area is 102 Å². The molecule has 16 heavy (non-hydrogen) atoms. The predicted molar refractivity (Wildman–Crippen MR) is 64.5 cm³/mol. The van der Waals surface area contributed by atoms with E-state index < -0.39 is 0 Å². The first-order valence-corrected chi connectivity index (χ1v) is 6.19. The Balaban J connectivity index is 2.56. The fraction of sp³-hybridized carbons (Fsp3) is 0.600. The molecule has 0 aliphatic carbocycles. The van der Waals surface area contributed by atoms with Crippen molar-refractivity contribution in [3.8, 4) is 0 Å². The third kappa shape index (κ3) is 1.93. The van der Waals surface area contributed by atoms with Crippen LogP contribution in [0.1, 0.15) is 32.4 Å². The lowest BCUT2D eigenvalue weighted by molar-refractivity contribution is 0.475. The Morgan fingerprint density at radius 1 is 1.25 bits per heavy atom. The first kappa shape index (κ1) is 11.4. The molecule has 2 unspecified atom stereocenters. The van der Waals surface area contributed by atoms with Crippen LogP contribution in [0.3, 0.4) is 0 Å². The van der Waals surface area contributed by atoms with Crippen molar-refractivity contribution in [3.05, 3.63) is 18.1 Å². The number of tetrazole rings is 1. The lowest BCUT2D eigenvalue weighted by Gasteiger charge is -2.23. The topological polar surface area (TPSA) is 56.0 Å². The second-order valence-electron chi connectivity index (χ2n) is 4.23. The van der Waals surface area contributed by atoms with Gasteiger partial charge in [0.2, 0.25) is 0 Å². The molecule has 0 spiro atoms. The standard InChI is InChI=1S/C10H14BrN5/c1-6(2)10(7(3)11)8-4-12-5-9-13-14-15-16(8)9/h4-7,10H,1-3H3. The van der Waals surface area contributed by atoms with Crippen LogP contribution in [0, 0.1) is 5.92 Å². The minimum absolute atomic E-state index is 0.333. The van der Waals surface area contributed by atoms with Gasteiger partial charge in [-0.1, -0.05) is 36.7 Å². The number of aromatic nitrogens is 5. The number of fused-ring (bicyclic) bond motifs is 1. The van der Waals surface area contributed by atoms with Gasteiger partial charge in [-0.3, -0.25) is 4.98 Å². The average Bonchev–Trinajstić information content (AvgIpc) is 2.65. The molecule has 2 atom stereocenters. The molecule has 2 aromatic rings. The van der Waals surface area contributed by atoms with Crippen molar-refractivity contribution < 1.29 is 0 Å². The molecular formula is C10H14BrN5. The van der Waals surface area contributed by atoms with E-state index in [0.717, 1.165) is 5.69 Å². The number of hydrogen-bond acceptors (Lipinski definition) is 4. The molecule has 0 saturated carbocycles. The van der Waals surface area contributed by atoms with E-state index in [1.54, 1.807) is 10.7 Å². The van der Waals surface area contributed by atoms with Gasteiger partial charge < -0.3 is 0 Å². The first-order valence-electron chi connectivity index (χ1n) is 5.27. The van der Waals surface area contributed by atoms with Gasteiger partial charge in [-0.2, -0.15) is 4.52 Å². The van der Waals surface area contributed by atoms with Crippen molar-refractivity contribution in [2.45, 2.75) is 31.5 Å². The summed E-state index contributed by atoms with van der Waals surface area (Å²) in [7, 11) is 0. The summed E-state index contributed by atoms with van der Waals surface area (Å²) in [4.78, 5) is 4.54. The first-order chi connectivity index (χ1) is 7.61. The predicted octanol–water partition coefficient (Wildman–Crippen LogP) is 2.04. The normalized spacial score (nSPS) is 15.6. The van der Waals surface area contributed by atoms with Gasteiger partial charge in [-0.25, -0.2) is 0 Å². The van der Waals surface area contributed by atoms with Gasteiger partial charge >= 0.3 is 0 Å². The molecule has 0 aromatic carbocycles. The Bertz CT molecular complexity index is 471. The quantitative estimate of drug-likeness (QED) is 0.809. The van der Waals surface area contributed by atoms with Gasteiger partial charge in [0.15, 0.2) is 5.65 Å². The zero-order chi connectivity index (χ0) is 11.7. The van der Waals surface area contributed by atoms with Gasteiger partial charge in [0.25, 0.3) is 0 Å². The maximum atomic E-state index is 4.19. The van der Waals surface area contributed by atoms with E-state index in [9.17, 15) is 0 Å². The third-order valence-corrected chi connectivity index (χ3v) is 3.26. The number of rotatable bonds is 3. The van der Waals surface area contributed by atoms with Crippen molar-refractivity contribution in [1.82, 2.24) is 25.0 Å². The van der Waals surface area contributed by atoms with E-state index >= 15 is 0 Å². The highest BCUT2D eigenvalue weighted by Crippen LogP contribution is 2.31. The largest absolute Gasteiger partial charge is 0.259 e. The number of alkyl halides is 1. The van der Waals surface area contributed by atoms with Crippen LogP contribution < -0.4 is 0 Å². The van der Waals surface area contributed by atoms with Gasteiger partial charge in [0, 0.05) is 16.9 Å². The van der Waals surface area contributed by atoms with E-state index in [0.29, 0.717) is 22.3 Å². The van der Waals surface area contributed by atoms with Crippen molar-refractivity contribution in [2.75, 3.05) is 0 Å². The van der Waals surface area contributed by atoms with Crippen molar-refractivity contribution >= 4 is 21.6 Å². The monoisotopic (exact) mass is 283 g/mol.